The maximum atomic E-state index is 11.1. The highest BCUT2D eigenvalue weighted by Gasteiger charge is 2.26. The molecule has 0 saturated carbocycles. The fraction of sp³-hybridized carbons (Fsp3) is 0.500. The molecular formula is C20H25N3O6S. The molecule has 4 rings (SSSR count). The standard InChI is InChI=1S/C20H25N3O6S/c24-30(25)28-14-17(15-29-30)16-2-4-18(5-3-16)26-12-13-27-19-6-10-23(11-7-19)20-21-8-1-9-22-20/h1-5,8-9,17,19H,6-7,10-15H2. The van der Waals surface area contributed by atoms with Gasteiger partial charge in [-0.15, -0.1) is 0 Å². The molecule has 1 aromatic heterocycles. The zero-order valence-corrected chi connectivity index (χ0v) is 17.4. The molecule has 30 heavy (non-hydrogen) atoms. The van der Waals surface area contributed by atoms with Gasteiger partial charge in [0.25, 0.3) is 0 Å². The normalized spacial score (nSPS) is 20.2. The number of piperidine rings is 1. The summed E-state index contributed by atoms with van der Waals surface area (Å²) in [5, 5.41) is 0. The summed E-state index contributed by atoms with van der Waals surface area (Å²) in [7, 11) is -3.82. The molecule has 0 unspecified atom stereocenters. The minimum Gasteiger partial charge on any atom is -0.491 e. The van der Waals surface area contributed by atoms with Crippen molar-refractivity contribution in [1.29, 1.82) is 0 Å². The highest BCUT2D eigenvalue weighted by molar-refractivity contribution is 7.81. The number of hydrogen-bond donors (Lipinski definition) is 0. The van der Waals surface area contributed by atoms with E-state index in [0.29, 0.717) is 13.2 Å². The molecule has 0 spiro atoms. The molecule has 0 atom stereocenters. The van der Waals surface area contributed by atoms with Crippen molar-refractivity contribution in [2.45, 2.75) is 24.9 Å². The maximum Gasteiger partial charge on any atom is 0.399 e. The van der Waals surface area contributed by atoms with Crippen LogP contribution >= 0.6 is 0 Å². The van der Waals surface area contributed by atoms with E-state index in [9.17, 15) is 8.42 Å². The molecule has 2 aliphatic heterocycles. The van der Waals surface area contributed by atoms with Crippen LogP contribution in [-0.2, 0) is 23.5 Å². The average Bonchev–Trinajstić information content (AvgIpc) is 2.78. The van der Waals surface area contributed by atoms with Gasteiger partial charge in [0.15, 0.2) is 0 Å². The lowest BCUT2D eigenvalue weighted by Gasteiger charge is -2.31. The van der Waals surface area contributed by atoms with E-state index >= 15 is 0 Å². The third-order valence-corrected chi connectivity index (χ3v) is 6.01. The zero-order valence-electron chi connectivity index (χ0n) is 16.6. The van der Waals surface area contributed by atoms with Crippen molar-refractivity contribution in [2.24, 2.45) is 0 Å². The van der Waals surface area contributed by atoms with E-state index in [0.717, 1.165) is 43.2 Å². The van der Waals surface area contributed by atoms with Crippen molar-refractivity contribution >= 4 is 16.3 Å². The summed E-state index contributed by atoms with van der Waals surface area (Å²) in [5.74, 6) is 1.40. The van der Waals surface area contributed by atoms with Crippen LogP contribution in [0.4, 0.5) is 5.95 Å². The highest BCUT2D eigenvalue weighted by Crippen LogP contribution is 2.25. The number of anilines is 1. The lowest BCUT2D eigenvalue weighted by Crippen LogP contribution is -2.38. The Morgan fingerprint density at radius 2 is 1.67 bits per heavy atom. The number of aromatic nitrogens is 2. The largest absolute Gasteiger partial charge is 0.491 e. The molecule has 0 amide bonds. The van der Waals surface area contributed by atoms with E-state index in [-0.39, 0.29) is 25.2 Å². The predicted molar refractivity (Wildman–Crippen MR) is 109 cm³/mol. The van der Waals surface area contributed by atoms with Gasteiger partial charge in [-0.3, -0.25) is 0 Å². The fourth-order valence-electron chi connectivity index (χ4n) is 3.49. The first-order chi connectivity index (χ1) is 14.6. The van der Waals surface area contributed by atoms with Crippen molar-refractivity contribution in [3.8, 4) is 5.75 Å². The summed E-state index contributed by atoms with van der Waals surface area (Å²) in [4.78, 5) is 10.8. The third kappa shape index (κ3) is 5.66. The van der Waals surface area contributed by atoms with E-state index in [2.05, 4.69) is 14.9 Å². The van der Waals surface area contributed by atoms with E-state index in [4.69, 9.17) is 17.8 Å². The number of rotatable bonds is 7. The summed E-state index contributed by atoms with van der Waals surface area (Å²) in [6.45, 7) is 2.93. The van der Waals surface area contributed by atoms with Crippen molar-refractivity contribution in [2.75, 3.05) is 44.4 Å². The second-order valence-electron chi connectivity index (χ2n) is 7.20. The summed E-state index contributed by atoms with van der Waals surface area (Å²) < 4.78 is 43.4. The predicted octanol–water partition coefficient (Wildman–Crippen LogP) is 1.92. The zero-order chi connectivity index (χ0) is 20.8. The first-order valence-electron chi connectivity index (χ1n) is 9.99. The molecule has 0 aliphatic carbocycles. The molecule has 2 fully saturated rings. The molecule has 1 aromatic carbocycles. The SMILES string of the molecule is O=S1(=O)OCC(c2ccc(OCCOC3CCN(c4ncccn4)CC3)cc2)CO1. The second kappa shape index (κ2) is 9.69. The van der Waals surface area contributed by atoms with E-state index < -0.39 is 10.4 Å². The van der Waals surface area contributed by atoms with Crippen LogP contribution in [-0.4, -0.2) is 64.0 Å². The average molecular weight is 436 g/mol. The third-order valence-electron chi connectivity index (χ3n) is 5.16. The monoisotopic (exact) mass is 435 g/mol. The van der Waals surface area contributed by atoms with Crippen LogP contribution in [0.25, 0.3) is 0 Å². The van der Waals surface area contributed by atoms with Gasteiger partial charge in [0.1, 0.15) is 12.4 Å². The number of hydrogen-bond acceptors (Lipinski definition) is 9. The van der Waals surface area contributed by atoms with Gasteiger partial charge in [0.05, 0.1) is 25.9 Å². The fourth-order valence-corrected chi connectivity index (χ4v) is 4.22. The van der Waals surface area contributed by atoms with Crippen LogP contribution in [0.2, 0.25) is 0 Å². The Labute approximate surface area is 176 Å². The van der Waals surface area contributed by atoms with Crippen LogP contribution in [0, 0.1) is 0 Å². The minimum atomic E-state index is -3.82. The Balaban J connectivity index is 1.14. The Hall–Kier alpha value is -2.27. The van der Waals surface area contributed by atoms with Crippen molar-refractivity contribution < 1.29 is 26.3 Å². The highest BCUT2D eigenvalue weighted by atomic mass is 32.3. The summed E-state index contributed by atoms with van der Waals surface area (Å²) in [6, 6.07) is 9.33. The number of nitrogens with zero attached hydrogens (tertiary/aromatic N) is 3. The summed E-state index contributed by atoms with van der Waals surface area (Å²) in [6.07, 6.45) is 5.62. The lowest BCUT2D eigenvalue weighted by molar-refractivity contribution is 0.0201. The van der Waals surface area contributed by atoms with E-state index in [1.807, 2.05) is 30.3 Å². The van der Waals surface area contributed by atoms with Crippen molar-refractivity contribution in [3.63, 3.8) is 0 Å². The molecule has 9 nitrogen and oxygen atoms in total. The molecular weight excluding hydrogens is 410 g/mol. The molecule has 2 aliphatic rings. The van der Waals surface area contributed by atoms with Gasteiger partial charge < -0.3 is 14.4 Å². The van der Waals surface area contributed by atoms with Crippen LogP contribution in [0.15, 0.2) is 42.7 Å². The first kappa shape index (κ1) is 21.0. The Kier molecular flexibility index (Phi) is 6.78. The van der Waals surface area contributed by atoms with Gasteiger partial charge in [-0.1, -0.05) is 12.1 Å². The van der Waals surface area contributed by atoms with E-state index in [1.54, 1.807) is 12.4 Å². The molecule has 10 heteroatoms. The van der Waals surface area contributed by atoms with Crippen molar-refractivity contribution in [3.05, 3.63) is 48.3 Å². The molecule has 0 radical (unpaired) electrons. The quantitative estimate of drug-likeness (QED) is 0.604. The van der Waals surface area contributed by atoms with Crippen molar-refractivity contribution in [1.82, 2.24) is 9.97 Å². The van der Waals surface area contributed by atoms with Gasteiger partial charge in [-0.2, -0.15) is 8.42 Å². The van der Waals surface area contributed by atoms with Gasteiger partial charge in [-0.25, -0.2) is 18.3 Å². The molecule has 2 saturated heterocycles. The van der Waals surface area contributed by atoms with Gasteiger partial charge in [-0.05, 0) is 36.6 Å². The maximum absolute atomic E-state index is 11.1. The second-order valence-corrected chi connectivity index (χ2v) is 8.49. The van der Waals surface area contributed by atoms with E-state index in [1.165, 1.54) is 0 Å². The molecule has 2 aromatic rings. The van der Waals surface area contributed by atoms with Crippen LogP contribution in [0.3, 0.4) is 0 Å². The summed E-state index contributed by atoms with van der Waals surface area (Å²) >= 11 is 0. The smallest absolute Gasteiger partial charge is 0.399 e. The van der Waals surface area contributed by atoms with Gasteiger partial charge in [0.2, 0.25) is 5.95 Å². The van der Waals surface area contributed by atoms with Crippen LogP contribution in [0.5, 0.6) is 5.75 Å². The van der Waals surface area contributed by atoms with Crippen LogP contribution in [0.1, 0.15) is 24.3 Å². The van der Waals surface area contributed by atoms with Gasteiger partial charge in [0, 0.05) is 31.4 Å². The van der Waals surface area contributed by atoms with Gasteiger partial charge >= 0.3 is 10.4 Å². The topological polar surface area (TPSA) is 100 Å². The molecule has 162 valence electrons. The molecule has 0 N–H and O–H groups in total. The first-order valence-corrected chi connectivity index (χ1v) is 11.3. The number of ether oxygens (including phenoxy) is 2. The Morgan fingerprint density at radius 1 is 1.00 bits per heavy atom. The number of benzene rings is 1. The minimum absolute atomic E-state index is 0.0889. The lowest BCUT2D eigenvalue weighted by atomic mass is 10.0. The summed E-state index contributed by atoms with van der Waals surface area (Å²) in [5.41, 5.74) is 0.947. The Bertz CT molecular complexity index is 888. The Morgan fingerprint density at radius 3 is 2.33 bits per heavy atom. The molecule has 3 heterocycles. The van der Waals surface area contributed by atoms with Crippen LogP contribution < -0.4 is 9.64 Å². The molecule has 0 bridgehead atoms.